The minimum absolute atomic E-state index is 0.0458. The van der Waals surface area contributed by atoms with E-state index in [-0.39, 0.29) is 17.2 Å². The van der Waals surface area contributed by atoms with Gasteiger partial charge in [-0.15, -0.1) is 0 Å². The van der Waals surface area contributed by atoms with Crippen LogP contribution in [0.2, 0.25) is 0 Å². The van der Waals surface area contributed by atoms with E-state index in [1.54, 1.807) is 59.9 Å². The van der Waals surface area contributed by atoms with Crippen LogP contribution in [0.1, 0.15) is 38.1 Å². The van der Waals surface area contributed by atoms with Crippen molar-refractivity contribution in [2.24, 2.45) is 4.99 Å². The lowest BCUT2D eigenvalue weighted by Gasteiger charge is -2.29. The Morgan fingerprint density at radius 2 is 1.93 bits per heavy atom. The Kier molecular flexibility index (Phi) is 7.71. The Balaban J connectivity index is 1.65. The van der Waals surface area contributed by atoms with Gasteiger partial charge in [-0.1, -0.05) is 41.7 Å². The molecule has 0 aliphatic carbocycles. The molecule has 1 aliphatic heterocycles. The highest BCUT2D eigenvalue weighted by Gasteiger charge is 2.35. The van der Waals surface area contributed by atoms with Gasteiger partial charge in [0, 0.05) is 42.4 Å². The summed E-state index contributed by atoms with van der Waals surface area (Å²) >= 11 is 1.20. The van der Waals surface area contributed by atoms with Gasteiger partial charge in [0.05, 0.1) is 27.8 Å². The van der Waals surface area contributed by atoms with Gasteiger partial charge in [0.25, 0.3) is 17.2 Å². The Bertz CT molecular complexity index is 1860. The molecule has 1 aliphatic rings. The monoisotopic (exact) mass is 572 g/mol. The summed E-state index contributed by atoms with van der Waals surface area (Å²) in [6.07, 6.45) is 1.62. The van der Waals surface area contributed by atoms with Gasteiger partial charge in [0.15, 0.2) is 4.80 Å². The van der Waals surface area contributed by atoms with Crippen molar-refractivity contribution < 1.29 is 18.9 Å². The maximum Gasteiger partial charge on any atom is 0.271 e. The van der Waals surface area contributed by atoms with Gasteiger partial charge in [-0.3, -0.25) is 24.3 Å². The molecule has 0 N–H and O–H groups in total. The van der Waals surface area contributed by atoms with Gasteiger partial charge in [0.1, 0.15) is 23.3 Å². The van der Waals surface area contributed by atoms with Crippen molar-refractivity contribution >= 4 is 29.0 Å². The second-order valence-corrected chi connectivity index (χ2v) is 10.3. The third kappa shape index (κ3) is 5.11. The first kappa shape index (κ1) is 27.8. The molecule has 2 aromatic carbocycles. The summed E-state index contributed by atoms with van der Waals surface area (Å²) < 4.78 is 13.5. The van der Waals surface area contributed by atoms with Gasteiger partial charge >= 0.3 is 0 Å². The number of aromatic nitrogens is 1. The SMILES string of the molecule is CCN(CC)C(=O)C1=C(C)N=c2s/c(=C/c3ccc(-c4cccc([N+](=O)[O-])c4)o3)c(=O)n2[C@H]1c1ccccc1OC. The minimum Gasteiger partial charge on any atom is -0.496 e. The number of likely N-dealkylation sites (N-methyl/N-ethyl adjacent to an activating group) is 1. The van der Waals surface area contributed by atoms with E-state index in [1.807, 2.05) is 32.0 Å². The molecule has 0 fully saturated rings. The van der Waals surface area contributed by atoms with Crippen LogP contribution in [0, 0.1) is 10.1 Å². The summed E-state index contributed by atoms with van der Waals surface area (Å²) in [6.45, 7) is 6.64. The van der Waals surface area contributed by atoms with Gasteiger partial charge in [0.2, 0.25) is 0 Å². The van der Waals surface area contributed by atoms with Crippen molar-refractivity contribution in [2.75, 3.05) is 20.2 Å². The number of benzene rings is 2. The second kappa shape index (κ2) is 11.4. The normalized spacial score (nSPS) is 14.9. The van der Waals surface area contributed by atoms with Crippen LogP contribution in [0.3, 0.4) is 0 Å². The van der Waals surface area contributed by atoms with Crippen molar-refractivity contribution in [2.45, 2.75) is 26.8 Å². The fraction of sp³-hybridized carbons (Fsp3) is 0.233. The number of furan rings is 1. The summed E-state index contributed by atoms with van der Waals surface area (Å²) in [5.74, 6) is 1.21. The number of non-ortho nitro benzene ring substituents is 1. The molecule has 0 spiro atoms. The Morgan fingerprint density at radius 1 is 1.17 bits per heavy atom. The quantitative estimate of drug-likeness (QED) is 0.230. The molecule has 41 heavy (non-hydrogen) atoms. The van der Waals surface area contributed by atoms with Crippen LogP contribution in [0.4, 0.5) is 5.69 Å². The molecule has 4 aromatic rings. The van der Waals surface area contributed by atoms with E-state index >= 15 is 0 Å². The first-order valence-electron chi connectivity index (χ1n) is 13.1. The molecule has 1 amide bonds. The Labute approximate surface area is 239 Å². The number of hydrogen-bond acceptors (Lipinski definition) is 8. The van der Waals surface area contributed by atoms with Crippen LogP contribution in [0.5, 0.6) is 5.75 Å². The minimum atomic E-state index is -0.741. The number of hydrogen-bond donors (Lipinski definition) is 0. The molecule has 5 rings (SSSR count). The van der Waals surface area contributed by atoms with Gasteiger partial charge in [-0.05, 0) is 39.0 Å². The Hall–Kier alpha value is -4.77. The zero-order chi connectivity index (χ0) is 29.3. The van der Waals surface area contributed by atoms with Gasteiger partial charge in [-0.2, -0.15) is 0 Å². The fourth-order valence-corrected chi connectivity index (χ4v) is 5.98. The third-order valence-electron chi connectivity index (χ3n) is 6.98. The molecule has 0 saturated heterocycles. The van der Waals surface area contributed by atoms with Crippen LogP contribution in [0.15, 0.2) is 86.1 Å². The largest absolute Gasteiger partial charge is 0.496 e. The molecule has 0 unspecified atom stereocenters. The molecule has 0 bridgehead atoms. The number of allylic oxidation sites excluding steroid dienone is 1. The maximum atomic E-state index is 14.0. The highest BCUT2D eigenvalue weighted by molar-refractivity contribution is 7.07. The highest BCUT2D eigenvalue weighted by atomic mass is 32.1. The number of nitro benzene ring substituents is 1. The zero-order valence-electron chi connectivity index (χ0n) is 23.0. The maximum absolute atomic E-state index is 14.0. The number of amides is 1. The number of ether oxygens (including phenoxy) is 1. The summed E-state index contributed by atoms with van der Waals surface area (Å²) in [5, 5.41) is 11.2. The summed E-state index contributed by atoms with van der Waals surface area (Å²) in [4.78, 5) is 45.3. The lowest BCUT2D eigenvalue weighted by Crippen LogP contribution is -2.43. The predicted octanol–water partition coefficient (Wildman–Crippen LogP) is 4.28. The number of carbonyl (C=O) groups is 1. The molecule has 0 saturated carbocycles. The smallest absolute Gasteiger partial charge is 0.271 e. The van der Waals surface area contributed by atoms with Crippen LogP contribution in [-0.2, 0) is 4.79 Å². The van der Waals surface area contributed by atoms with E-state index < -0.39 is 11.0 Å². The molecular formula is C30H28N4O6S. The predicted molar refractivity (Wildman–Crippen MR) is 155 cm³/mol. The van der Waals surface area contributed by atoms with Gasteiger partial charge < -0.3 is 14.1 Å². The molecule has 0 radical (unpaired) electrons. The fourth-order valence-electron chi connectivity index (χ4n) is 4.95. The van der Waals surface area contributed by atoms with Crippen LogP contribution < -0.4 is 19.6 Å². The van der Waals surface area contributed by atoms with Crippen molar-refractivity contribution in [1.29, 1.82) is 0 Å². The molecule has 1 atom stereocenters. The first-order valence-corrected chi connectivity index (χ1v) is 13.9. The van der Waals surface area contributed by atoms with Gasteiger partial charge in [-0.25, -0.2) is 4.99 Å². The molecule has 2 aromatic heterocycles. The van der Waals surface area contributed by atoms with E-state index in [4.69, 9.17) is 14.1 Å². The molecule has 210 valence electrons. The van der Waals surface area contributed by atoms with E-state index in [9.17, 15) is 19.7 Å². The number of thiazole rings is 1. The molecular weight excluding hydrogens is 544 g/mol. The Morgan fingerprint density at radius 3 is 2.63 bits per heavy atom. The van der Waals surface area contributed by atoms with Crippen molar-refractivity contribution in [3.63, 3.8) is 0 Å². The van der Waals surface area contributed by atoms with E-state index in [2.05, 4.69) is 0 Å². The summed E-state index contributed by atoms with van der Waals surface area (Å²) in [7, 11) is 1.56. The van der Waals surface area contributed by atoms with Crippen LogP contribution in [-0.4, -0.2) is 40.5 Å². The number of carbonyl (C=O) groups excluding carboxylic acids is 1. The van der Waals surface area contributed by atoms with E-state index in [1.165, 1.54) is 23.5 Å². The number of fused-ring (bicyclic) bond motifs is 1. The van der Waals surface area contributed by atoms with Crippen LogP contribution >= 0.6 is 11.3 Å². The van der Waals surface area contributed by atoms with E-state index in [0.29, 0.717) is 62.1 Å². The highest BCUT2D eigenvalue weighted by Crippen LogP contribution is 2.36. The lowest BCUT2D eigenvalue weighted by molar-refractivity contribution is -0.384. The molecule has 10 nitrogen and oxygen atoms in total. The number of nitrogens with zero attached hydrogens (tertiary/aromatic N) is 4. The summed E-state index contributed by atoms with van der Waals surface area (Å²) in [5.41, 5.74) is 1.82. The standard InChI is InChI=1S/C30H28N4O6S/c1-5-32(6-2)29(36)26-18(3)31-30-33(27(26)22-12-7-8-13-24(22)39-4)28(35)25(41-30)17-21-14-15-23(40-21)19-10-9-11-20(16-19)34(37)38/h7-17,27H,5-6H2,1-4H3/b25-17+/t27-/m0/s1. The number of para-hydroxylation sites is 1. The van der Waals surface area contributed by atoms with Crippen molar-refractivity contribution in [3.05, 3.63) is 113 Å². The third-order valence-corrected chi connectivity index (χ3v) is 7.96. The van der Waals surface area contributed by atoms with Crippen molar-refractivity contribution in [1.82, 2.24) is 9.47 Å². The molecule has 11 heteroatoms. The van der Waals surface area contributed by atoms with Crippen molar-refractivity contribution in [3.8, 4) is 17.1 Å². The molecule has 3 heterocycles. The summed E-state index contributed by atoms with van der Waals surface area (Å²) in [6, 6.07) is 16.1. The number of nitro groups is 1. The topological polar surface area (TPSA) is 120 Å². The lowest BCUT2D eigenvalue weighted by atomic mass is 9.94. The first-order chi connectivity index (χ1) is 19.8. The number of methoxy groups -OCH3 is 1. The van der Waals surface area contributed by atoms with E-state index in [0.717, 1.165) is 0 Å². The number of rotatable bonds is 8. The zero-order valence-corrected chi connectivity index (χ0v) is 23.8. The average Bonchev–Trinajstić information content (AvgIpc) is 3.57. The second-order valence-electron chi connectivity index (χ2n) is 9.31. The average molecular weight is 573 g/mol. The van der Waals surface area contributed by atoms with Crippen LogP contribution in [0.25, 0.3) is 17.4 Å².